The van der Waals surface area contributed by atoms with Crippen molar-refractivity contribution in [2.45, 2.75) is 55.4 Å². The van der Waals surface area contributed by atoms with Gasteiger partial charge in [0.2, 0.25) is 0 Å². The van der Waals surface area contributed by atoms with Crippen molar-refractivity contribution in [1.82, 2.24) is 0 Å². The van der Waals surface area contributed by atoms with Gasteiger partial charge in [0.15, 0.2) is 0 Å². The average molecular weight is 172 g/mol. The van der Waals surface area contributed by atoms with E-state index in [1.807, 2.05) is 79.7 Å². The summed E-state index contributed by atoms with van der Waals surface area (Å²) in [5.41, 5.74) is 0. The van der Waals surface area contributed by atoms with Crippen LogP contribution in [0.15, 0.2) is 24.3 Å². The van der Waals surface area contributed by atoms with Crippen LogP contribution in [0.4, 0.5) is 0 Å². The van der Waals surface area contributed by atoms with Crippen molar-refractivity contribution in [2.24, 2.45) is 0 Å². The molecule has 0 spiro atoms. The molecule has 0 unspecified atom stereocenters. The summed E-state index contributed by atoms with van der Waals surface area (Å²) in [4.78, 5) is 0. The monoisotopic (exact) mass is 172 g/mol. The van der Waals surface area contributed by atoms with Gasteiger partial charge in [0, 0.05) is 0 Å². The first-order chi connectivity index (χ1) is 5.91. The third kappa shape index (κ3) is 111. The second kappa shape index (κ2) is 77.8. The number of allylic oxidation sites excluding steroid dienone is 4. The standard InChI is InChI=1S/C6H10.3C2H6/c1-3-5-6-4-2;3*1-2/h3-6H,1-2H3;3*1-2H3. The Morgan fingerprint density at radius 2 is 0.667 bits per heavy atom. The van der Waals surface area contributed by atoms with Crippen LogP contribution in [0.3, 0.4) is 0 Å². The van der Waals surface area contributed by atoms with Crippen LogP contribution in [0.2, 0.25) is 0 Å². The van der Waals surface area contributed by atoms with Crippen LogP contribution >= 0.6 is 0 Å². The Hall–Kier alpha value is -0.520. The third-order valence-electron chi connectivity index (χ3n) is 0.496. The molecule has 76 valence electrons. The first kappa shape index (κ1) is 22.5. The van der Waals surface area contributed by atoms with Gasteiger partial charge in [0.25, 0.3) is 0 Å². The highest BCUT2D eigenvalue weighted by Gasteiger charge is 1.48. The van der Waals surface area contributed by atoms with Crippen LogP contribution < -0.4 is 0 Å². The smallest absolute Gasteiger partial charge is 0.0467 e. The molecule has 0 heterocycles. The lowest BCUT2D eigenvalue weighted by Crippen LogP contribution is -1.40. The molecule has 12 heavy (non-hydrogen) atoms. The zero-order chi connectivity index (χ0) is 10.8. The van der Waals surface area contributed by atoms with E-state index < -0.39 is 0 Å². The SMILES string of the molecule is CC.CC.CC.CC=CC=CC. The topological polar surface area (TPSA) is 0 Å². The summed E-state index contributed by atoms with van der Waals surface area (Å²) in [5.74, 6) is 0. The maximum absolute atomic E-state index is 2.00. The minimum atomic E-state index is 2.00. The highest BCUT2D eigenvalue weighted by atomic mass is 13.6. The summed E-state index contributed by atoms with van der Waals surface area (Å²) in [7, 11) is 0. The molecule has 0 aromatic heterocycles. The Kier molecular flexibility index (Phi) is 146. The van der Waals surface area contributed by atoms with Gasteiger partial charge >= 0.3 is 0 Å². The molecule has 0 aliphatic rings. The summed E-state index contributed by atoms with van der Waals surface area (Å²) in [6.07, 6.45) is 8.00. The molecule has 0 amide bonds. The minimum absolute atomic E-state index is 2.00. The van der Waals surface area contributed by atoms with Crippen molar-refractivity contribution >= 4 is 0 Å². The second-order valence-electron chi connectivity index (χ2n) is 1.05. The molecule has 0 heteroatoms. The van der Waals surface area contributed by atoms with Crippen molar-refractivity contribution in [3.05, 3.63) is 24.3 Å². The Balaban J connectivity index is -0.0000000453. The van der Waals surface area contributed by atoms with Gasteiger partial charge in [-0.3, -0.25) is 0 Å². The van der Waals surface area contributed by atoms with E-state index in [-0.39, 0.29) is 0 Å². The van der Waals surface area contributed by atoms with E-state index >= 15 is 0 Å². The zero-order valence-electron chi connectivity index (χ0n) is 10.3. The molecule has 0 rings (SSSR count). The molecule has 0 radical (unpaired) electrons. The van der Waals surface area contributed by atoms with Crippen LogP contribution in [0.1, 0.15) is 55.4 Å². The van der Waals surface area contributed by atoms with E-state index in [9.17, 15) is 0 Å². The lowest BCUT2D eigenvalue weighted by molar-refractivity contribution is 1.50. The van der Waals surface area contributed by atoms with Gasteiger partial charge in [-0.25, -0.2) is 0 Å². The minimum Gasteiger partial charge on any atom is -0.0877 e. The molecule has 0 aliphatic carbocycles. The Morgan fingerprint density at radius 3 is 0.750 bits per heavy atom. The fourth-order valence-electron chi connectivity index (χ4n) is 0.222. The summed E-state index contributed by atoms with van der Waals surface area (Å²) < 4.78 is 0. The molecule has 0 fully saturated rings. The lowest BCUT2D eigenvalue weighted by Gasteiger charge is -1.62. The summed E-state index contributed by atoms with van der Waals surface area (Å²) in [6.45, 7) is 16.0. The summed E-state index contributed by atoms with van der Waals surface area (Å²) in [5, 5.41) is 0. The molecule has 0 aliphatic heterocycles. The molecule has 0 nitrogen and oxygen atoms in total. The van der Waals surface area contributed by atoms with Gasteiger partial charge in [0.05, 0.1) is 0 Å². The molecule has 0 N–H and O–H groups in total. The van der Waals surface area contributed by atoms with Gasteiger partial charge < -0.3 is 0 Å². The van der Waals surface area contributed by atoms with Crippen molar-refractivity contribution in [3.8, 4) is 0 Å². The van der Waals surface area contributed by atoms with E-state index in [2.05, 4.69) is 0 Å². The van der Waals surface area contributed by atoms with Gasteiger partial charge in [-0.1, -0.05) is 65.8 Å². The van der Waals surface area contributed by atoms with Gasteiger partial charge in [-0.15, -0.1) is 0 Å². The van der Waals surface area contributed by atoms with Gasteiger partial charge in [-0.05, 0) is 13.8 Å². The molecule has 0 saturated carbocycles. The van der Waals surface area contributed by atoms with Crippen molar-refractivity contribution in [1.29, 1.82) is 0 Å². The van der Waals surface area contributed by atoms with E-state index in [1.54, 1.807) is 0 Å². The van der Waals surface area contributed by atoms with Crippen molar-refractivity contribution < 1.29 is 0 Å². The van der Waals surface area contributed by atoms with E-state index in [4.69, 9.17) is 0 Å². The normalized spacial score (nSPS) is 7.33. The largest absolute Gasteiger partial charge is 0.0877 e. The fraction of sp³-hybridized carbons (Fsp3) is 0.667. The molecule has 0 bridgehead atoms. The third-order valence-corrected chi connectivity index (χ3v) is 0.496. The van der Waals surface area contributed by atoms with Gasteiger partial charge in [-0.2, -0.15) is 0 Å². The van der Waals surface area contributed by atoms with Crippen LogP contribution in [-0.4, -0.2) is 0 Å². The summed E-state index contributed by atoms with van der Waals surface area (Å²) in [6, 6.07) is 0. The second-order valence-corrected chi connectivity index (χ2v) is 1.05. The number of hydrogen-bond acceptors (Lipinski definition) is 0. The molecule has 0 saturated heterocycles. The first-order valence-electron chi connectivity index (χ1n) is 5.15. The van der Waals surface area contributed by atoms with E-state index in [0.29, 0.717) is 0 Å². The van der Waals surface area contributed by atoms with E-state index in [0.717, 1.165) is 0 Å². The Bertz CT molecular complexity index is 48.4. The molecular formula is C12H28. The predicted octanol–water partition coefficient (Wildman–Crippen LogP) is 5.22. The fourth-order valence-corrected chi connectivity index (χ4v) is 0.222. The molecule has 0 atom stereocenters. The Morgan fingerprint density at radius 1 is 0.500 bits per heavy atom. The quantitative estimate of drug-likeness (QED) is 0.476. The zero-order valence-corrected chi connectivity index (χ0v) is 10.3. The first-order valence-corrected chi connectivity index (χ1v) is 5.15. The van der Waals surface area contributed by atoms with Gasteiger partial charge in [0.1, 0.15) is 0 Å². The highest BCUT2D eigenvalue weighted by molar-refractivity contribution is 4.98. The lowest BCUT2D eigenvalue weighted by atomic mass is 10.5. The van der Waals surface area contributed by atoms with Crippen LogP contribution in [-0.2, 0) is 0 Å². The molecule has 0 aromatic rings. The van der Waals surface area contributed by atoms with Crippen molar-refractivity contribution in [3.63, 3.8) is 0 Å². The number of hydrogen-bond donors (Lipinski definition) is 0. The van der Waals surface area contributed by atoms with E-state index in [1.165, 1.54) is 0 Å². The predicted molar refractivity (Wildman–Crippen MR) is 63.7 cm³/mol. The average Bonchev–Trinajstić information content (AvgIpc) is 2.24. The molecule has 0 aromatic carbocycles. The maximum Gasteiger partial charge on any atom is -0.0467 e. The van der Waals surface area contributed by atoms with Crippen LogP contribution in [0, 0.1) is 0 Å². The maximum atomic E-state index is 2.00. The van der Waals surface area contributed by atoms with Crippen LogP contribution in [0.5, 0.6) is 0 Å². The van der Waals surface area contributed by atoms with Crippen molar-refractivity contribution in [2.75, 3.05) is 0 Å². The van der Waals surface area contributed by atoms with Crippen LogP contribution in [0.25, 0.3) is 0 Å². The number of rotatable bonds is 1. The summed E-state index contributed by atoms with van der Waals surface area (Å²) >= 11 is 0. The molecular weight excluding hydrogens is 144 g/mol. The Labute approximate surface area is 80.4 Å². The highest BCUT2D eigenvalue weighted by Crippen LogP contribution is 1.71.